The summed E-state index contributed by atoms with van der Waals surface area (Å²) >= 11 is 0. The highest BCUT2D eigenvalue weighted by Gasteiger charge is 2.25. The van der Waals surface area contributed by atoms with Crippen molar-refractivity contribution in [2.45, 2.75) is 19.8 Å². The Balaban J connectivity index is 1.43. The van der Waals surface area contributed by atoms with Gasteiger partial charge in [0, 0.05) is 45.5 Å². The predicted molar refractivity (Wildman–Crippen MR) is 101 cm³/mol. The molecule has 1 aromatic rings. The largest absolute Gasteiger partial charge is 0.352 e. The molecule has 3 rings (SSSR count). The molecule has 0 saturated carbocycles. The number of piperazine rings is 1. The highest BCUT2D eigenvalue weighted by Crippen LogP contribution is 2.18. The van der Waals surface area contributed by atoms with Crippen LogP contribution in [0.4, 0.5) is 10.6 Å². The van der Waals surface area contributed by atoms with E-state index in [2.05, 4.69) is 33.1 Å². The van der Waals surface area contributed by atoms with Crippen molar-refractivity contribution in [3.63, 3.8) is 0 Å². The van der Waals surface area contributed by atoms with Crippen LogP contribution in [0.25, 0.3) is 0 Å². The molecule has 2 saturated heterocycles. The third-order valence-corrected chi connectivity index (χ3v) is 5.23. The quantitative estimate of drug-likeness (QED) is 0.866. The Hall–Kier alpha value is -2.33. The van der Waals surface area contributed by atoms with Gasteiger partial charge in [0.05, 0.1) is 5.56 Å². The van der Waals surface area contributed by atoms with Crippen LogP contribution in [0.3, 0.4) is 0 Å². The minimum absolute atomic E-state index is 0.0279. The molecule has 1 atom stereocenters. The second kappa shape index (κ2) is 8.86. The van der Waals surface area contributed by atoms with Gasteiger partial charge in [-0.2, -0.15) is 5.26 Å². The van der Waals surface area contributed by atoms with Gasteiger partial charge in [-0.3, -0.25) is 0 Å². The van der Waals surface area contributed by atoms with Crippen LogP contribution in [0.2, 0.25) is 0 Å². The number of nitrogens with one attached hydrogen (secondary N) is 1. The summed E-state index contributed by atoms with van der Waals surface area (Å²) in [7, 11) is 0. The Morgan fingerprint density at radius 2 is 2.15 bits per heavy atom. The van der Waals surface area contributed by atoms with Gasteiger partial charge in [0.1, 0.15) is 11.9 Å². The van der Waals surface area contributed by atoms with Crippen LogP contribution in [0.15, 0.2) is 18.3 Å². The van der Waals surface area contributed by atoms with E-state index in [1.807, 2.05) is 4.90 Å². The molecule has 2 fully saturated rings. The highest BCUT2D eigenvalue weighted by molar-refractivity contribution is 5.74. The first-order valence-electron chi connectivity index (χ1n) is 9.56. The summed E-state index contributed by atoms with van der Waals surface area (Å²) in [4.78, 5) is 23.2. The third kappa shape index (κ3) is 4.44. The molecule has 0 aliphatic carbocycles. The lowest BCUT2D eigenvalue weighted by Gasteiger charge is -2.35. The van der Waals surface area contributed by atoms with Crippen LogP contribution < -0.4 is 10.2 Å². The first-order chi connectivity index (χ1) is 12.7. The maximum atomic E-state index is 12.4. The average Bonchev–Trinajstić information content (AvgIpc) is 3.14. The minimum Gasteiger partial charge on any atom is -0.352 e. The predicted octanol–water partition coefficient (Wildman–Crippen LogP) is 1.52. The number of nitriles is 1. The Bertz CT molecular complexity index is 650. The summed E-state index contributed by atoms with van der Waals surface area (Å²) in [5.74, 6) is 1.29. The molecule has 0 spiro atoms. The maximum Gasteiger partial charge on any atom is 0.317 e. The zero-order valence-electron chi connectivity index (χ0n) is 15.5. The number of hydrogen-bond donors (Lipinski definition) is 1. The van der Waals surface area contributed by atoms with Crippen molar-refractivity contribution < 1.29 is 4.79 Å². The molecule has 140 valence electrons. The lowest BCUT2D eigenvalue weighted by Crippen LogP contribution is -2.52. The van der Waals surface area contributed by atoms with Gasteiger partial charge in [0.15, 0.2) is 0 Å². The number of aromatic nitrogens is 1. The fourth-order valence-corrected chi connectivity index (χ4v) is 3.80. The van der Waals surface area contributed by atoms with E-state index in [-0.39, 0.29) is 6.03 Å². The van der Waals surface area contributed by atoms with E-state index in [9.17, 15) is 10.1 Å². The Morgan fingerprint density at radius 1 is 1.35 bits per heavy atom. The standard InChI is InChI=1S/C19H28N6O/c1-2-7-23-8-5-16(15-23)14-22-19(26)25-11-9-24(10-12-25)18-17(13-20)4-3-6-21-18/h3-4,6,16H,2,5,7-12,14-15H2,1H3,(H,22,26). The molecular formula is C19H28N6O. The van der Waals surface area contributed by atoms with Gasteiger partial charge in [0.2, 0.25) is 0 Å². The smallest absolute Gasteiger partial charge is 0.317 e. The zero-order valence-corrected chi connectivity index (χ0v) is 15.5. The minimum atomic E-state index is 0.0279. The number of hydrogen-bond acceptors (Lipinski definition) is 5. The molecule has 2 amide bonds. The van der Waals surface area contributed by atoms with Crippen molar-refractivity contribution in [2.75, 3.05) is 57.3 Å². The summed E-state index contributed by atoms with van der Waals surface area (Å²) in [5, 5.41) is 12.3. The second-order valence-corrected chi connectivity index (χ2v) is 7.10. The monoisotopic (exact) mass is 356 g/mol. The number of rotatable bonds is 5. The number of pyridine rings is 1. The molecule has 7 heteroatoms. The van der Waals surface area contributed by atoms with Crippen LogP contribution in [-0.2, 0) is 0 Å². The molecule has 0 aromatic carbocycles. The molecule has 2 aliphatic rings. The molecule has 1 unspecified atom stereocenters. The highest BCUT2D eigenvalue weighted by atomic mass is 16.2. The number of amides is 2. The van der Waals surface area contributed by atoms with E-state index in [1.54, 1.807) is 18.3 Å². The molecule has 2 aliphatic heterocycles. The van der Waals surface area contributed by atoms with Gasteiger partial charge in [-0.05, 0) is 44.0 Å². The fraction of sp³-hybridized carbons (Fsp3) is 0.632. The number of likely N-dealkylation sites (tertiary alicyclic amines) is 1. The van der Waals surface area contributed by atoms with Crippen molar-refractivity contribution in [1.82, 2.24) is 20.1 Å². The van der Waals surface area contributed by atoms with E-state index in [0.29, 0.717) is 37.7 Å². The lowest BCUT2D eigenvalue weighted by molar-refractivity contribution is 0.192. The van der Waals surface area contributed by atoms with Gasteiger partial charge in [-0.1, -0.05) is 6.92 Å². The summed E-state index contributed by atoms with van der Waals surface area (Å²) in [6.45, 7) is 9.08. The summed E-state index contributed by atoms with van der Waals surface area (Å²) in [6, 6.07) is 5.77. The zero-order chi connectivity index (χ0) is 18.4. The van der Waals surface area contributed by atoms with E-state index in [0.717, 1.165) is 32.0 Å². The first kappa shape index (κ1) is 18.5. The van der Waals surface area contributed by atoms with Crippen LogP contribution in [-0.4, -0.2) is 73.2 Å². The molecule has 0 bridgehead atoms. The number of nitrogens with zero attached hydrogens (tertiary/aromatic N) is 5. The normalized spacial score (nSPS) is 20.8. The van der Waals surface area contributed by atoms with Crippen molar-refractivity contribution in [2.24, 2.45) is 5.92 Å². The van der Waals surface area contributed by atoms with Crippen LogP contribution in [0, 0.1) is 17.2 Å². The molecule has 7 nitrogen and oxygen atoms in total. The number of carbonyl (C=O) groups is 1. The number of carbonyl (C=O) groups excluding carboxylic acids is 1. The summed E-state index contributed by atoms with van der Waals surface area (Å²) in [5.41, 5.74) is 0.586. The summed E-state index contributed by atoms with van der Waals surface area (Å²) < 4.78 is 0. The topological polar surface area (TPSA) is 75.5 Å². The SMILES string of the molecule is CCCN1CCC(CNC(=O)N2CCN(c3ncccc3C#N)CC2)C1. The Morgan fingerprint density at radius 3 is 2.88 bits per heavy atom. The number of anilines is 1. The van der Waals surface area contributed by atoms with E-state index >= 15 is 0 Å². The van der Waals surface area contributed by atoms with E-state index in [1.165, 1.54) is 12.8 Å². The molecular weight excluding hydrogens is 328 g/mol. The molecule has 1 aromatic heterocycles. The van der Waals surface area contributed by atoms with Crippen molar-refractivity contribution >= 4 is 11.8 Å². The van der Waals surface area contributed by atoms with E-state index < -0.39 is 0 Å². The Kier molecular flexibility index (Phi) is 6.29. The van der Waals surface area contributed by atoms with Gasteiger partial charge < -0.3 is 20.0 Å². The average molecular weight is 356 g/mol. The Labute approximate surface area is 155 Å². The van der Waals surface area contributed by atoms with Crippen LogP contribution >= 0.6 is 0 Å². The molecule has 0 radical (unpaired) electrons. The van der Waals surface area contributed by atoms with Crippen molar-refractivity contribution in [3.05, 3.63) is 23.9 Å². The second-order valence-electron chi connectivity index (χ2n) is 7.10. The molecule has 3 heterocycles. The molecule has 1 N–H and O–H groups in total. The van der Waals surface area contributed by atoms with Gasteiger partial charge >= 0.3 is 6.03 Å². The third-order valence-electron chi connectivity index (χ3n) is 5.23. The summed E-state index contributed by atoms with van der Waals surface area (Å²) in [6.07, 6.45) is 4.07. The van der Waals surface area contributed by atoms with Crippen LogP contribution in [0.1, 0.15) is 25.3 Å². The van der Waals surface area contributed by atoms with Gasteiger partial charge in [-0.15, -0.1) is 0 Å². The van der Waals surface area contributed by atoms with Crippen molar-refractivity contribution in [1.29, 1.82) is 5.26 Å². The molecule has 26 heavy (non-hydrogen) atoms. The number of urea groups is 1. The van der Waals surface area contributed by atoms with Crippen LogP contribution in [0.5, 0.6) is 0 Å². The first-order valence-corrected chi connectivity index (χ1v) is 9.56. The lowest BCUT2D eigenvalue weighted by atomic mass is 10.1. The van der Waals surface area contributed by atoms with Crippen molar-refractivity contribution in [3.8, 4) is 6.07 Å². The van der Waals surface area contributed by atoms with Gasteiger partial charge in [-0.25, -0.2) is 9.78 Å². The fourth-order valence-electron chi connectivity index (χ4n) is 3.80. The van der Waals surface area contributed by atoms with E-state index in [4.69, 9.17) is 0 Å². The van der Waals surface area contributed by atoms with Gasteiger partial charge in [0.25, 0.3) is 0 Å². The maximum absolute atomic E-state index is 12.4.